The number of ether oxygens (including phenoxy) is 1. The van der Waals surface area contributed by atoms with Gasteiger partial charge in [-0.25, -0.2) is 13.2 Å². The van der Waals surface area contributed by atoms with Crippen LogP contribution in [-0.4, -0.2) is 39.1 Å². The fourth-order valence-electron chi connectivity index (χ4n) is 3.49. The maximum atomic E-state index is 12.4. The van der Waals surface area contributed by atoms with Crippen molar-refractivity contribution in [3.05, 3.63) is 70.8 Å². The first-order chi connectivity index (χ1) is 13.6. The van der Waals surface area contributed by atoms with Crippen LogP contribution in [0.15, 0.2) is 48.5 Å². The van der Waals surface area contributed by atoms with Gasteiger partial charge >= 0.3 is 5.97 Å². The number of carbonyl (C=O) groups excluding carboxylic acids is 2. The van der Waals surface area contributed by atoms with Crippen LogP contribution in [0.25, 0.3) is 6.08 Å². The van der Waals surface area contributed by atoms with E-state index >= 15 is 0 Å². The average Bonchev–Trinajstić information content (AvgIpc) is 2.99. The third-order valence-electron chi connectivity index (χ3n) is 4.71. The van der Waals surface area contributed by atoms with E-state index in [1.807, 2.05) is 38.1 Å². The predicted octanol–water partition coefficient (Wildman–Crippen LogP) is 3.14. The van der Waals surface area contributed by atoms with Crippen molar-refractivity contribution in [2.45, 2.75) is 26.3 Å². The molecule has 152 valence electrons. The quantitative estimate of drug-likeness (QED) is 0.413. The number of esters is 1. The molecule has 3 rings (SSSR count). The molecule has 0 N–H and O–H groups in total. The Hall–Kier alpha value is -2.93. The third-order valence-corrected chi connectivity index (χ3v) is 5.98. The highest BCUT2D eigenvalue weighted by molar-refractivity contribution is 7.92. The smallest absolute Gasteiger partial charge is 0.331 e. The largest absolute Gasteiger partial charge is 0.454 e. The van der Waals surface area contributed by atoms with E-state index in [0.29, 0.717) is 17.7 Å². The minimum absolute atomic E-state index is 0.199. The second kappa shape index (κ2) is 8.21. The molecule has 1 heterocycles. The summed E-state index contributed by atoms with van der Waals surface area (Å²) in [5.74, 6) is -0.937. The molecule has 2 aromatic rings. The summed E-state index contributed by atoms with van der Waals surface area (Å²) in [6.07, 6.45) is 4.62. The first-order valence-corrected chi connectivity index (χ1v) is 11.1. The maximum Gasteiger partial charge on any atom is 0.331 e. The van der Waals surface area contributed by atoms with Gasteiger partial charge in [-0.05, 0) is 55.7 Å². The lowest BCUT2D eigenvalue weighted by atomic mass is 10.0. The van der Waals surface area contributed by atoms with Crippen molar-refractivity contribution in [3.63, 3.8) is 0 Å². The molecular formula is C22H23NO5S. The lowest BCUT2D eigenvalue weighted by Crippen LogP contribution is -2.34. The molecule has 0 saturated heterocycles. The van der Waals surface area contributed by atoms with Gasteiger partial charge in [-0.15, -0.1) is 0 Å². The van der Waals surface area contributed by atoms with Gasteiger partial charge in [0.25, 0.3) is 0 Å². The van der Waals surface area contributed by atoms with Gasteiger partial charge in [0.2, 0.25) is 10.0 Å². The molecule has 1 aliphatic rings. The van der Waals surface area contributed by atoms with Crippen LogP contribution < -0.4 is 4.31 Å². The highest BCUT2D eigenvalue weighted by atomic mass is 32.2. The monoisotopic (exact) mass is 413 g/mol. The van der Waals surface area contributed by atoms with Gasteiger partial charge in [-0.1, -0.05) is 29.8 Å². The number of carbonyl (C=O) groups is 2. The van der Waals surface area contributed by atoms with Crippen molar-refractivity contribution >= 4 is 33.5 Å². The van der Waals surface area contributed by atoms with Crippen LogP contribution in [-0.2, 0) is 26.0 Å². The molecule has 0 amide bonds. The van der Waals surface area contributed by atoms with E-state index in [-0.39, 0.29) is 18.4 Å². The molecule has 0 unspecified atom stereocenters. The molecule has 1 atom stereocenters. The van der Waals surface area contributed by atoms with Gasteiger partial charge < -0.3 is 4.74 Å². The van der Waals surface area contributed by atoms with Crippen LogP contribution in [0.5, 0.6) is 0 Å². The van der Waals surface area contributed by atoms with Crippen molar-refractivity contribution in [1.29, 1.82) is 0 Å². The topological polar surface area (TPSA) is 80.8 Å². The minimum Gasteiger partial charge on any atom is -0.454 e. The number of anilines is 1. The number of nitrogens with zero attached hydrogens (tertiary/aromatic N) is 1. The Balaban J connectivity index is 1.63. The standard InChI is InChI=1S/C22H23NO5S/c1-15-5-4-6-17(11-15)7-10-22(25)28-14-21(24)18-8-9-20-19(13-18)12-16(2)23(20)29(3,26)27/h4-11,13,16H,12,14H2,1-3H3/b10-7+/t16-/m1/s1. The Labute approximate surface area is 170 Å². The number of fused-ring (bicyclic) bond motifs is 1. The zero-order valence-corrected chi connectivity index (χ0v) is 17.4. The van der Waals surface area contributed by atoms with Crippen LogP contribution in [0.4, 0.5) is 5.69 Å². The van der Waals surface area contributed by atoms with Crippen LogP contribution >= 0.6 is 0 Å². The summed E-state index contributed by atoms with van der Waals surface area (Å²) in [4.78, 5) is 24.3. The number of sulfonamides is 1. The second-order valence-electron chi connectivity index (χ2n) is 7.23. The van der Waals surface area contributed by atoms with Crippen molar-refractivity contribution < 1.29 is 22.7 Å². The van der Waals surface area contributed by atoms with Gasteiger partial charge in [0, 0.05) is 17.7 Å². The van der Waals surface area contributed by atoms with Gasteiger partial charge in [0.15, 0.2) is 12.4 Å². The van der Waals surface area contributed by atoms with E-state index in [0.717, 1.165) is 16.7 Å². The van der Waals surface area contributed by atoms with Gasteiger partial charge in [-0.3, -0.25) is 9.10 Å². The summed E-state index contributed by atoms with van der Waals surface area (Å²) in [5.41, 5.74) is 3.73. The molecule has 0 aliphatic carbocycles. The SMILES string of the molecule is Cc1cccc(/C=C/C(=O)OCC(=O)c2ccc3c(c2)C[C@@H](C)N3S(C)(=O)=O)c1. The Morgan fingerprint density at radius 2 is 1.97 bits per heavy atom. The predicted molar refractivity (Wildman–Crippen MR) is 112 cm³/mol. The van der Waals surface area contributed by atoms with Gasteiger partial charge in [0.05, 0.1) is 11.9 Å². The second-order valence-corrected chi connectivity index (χ2v) is 9.09. The van der Waals surface area contributed by atoms with E-state index < -0.39 is 16.0 Å². The molecule has 0 aromatic heterocycles. The number of benzene rings is 2. The summed E-state index contributed by atoms with van der Waals surface area (Å²) in [6.45, 7) is 3.41. The van der Waals surface area contributed by atoms with E-state index in [4.69, 9.17) is 4.74 Å². The number of aryl methyl sites for hydroxylation is 1. The summed E-state index contributed by atoms with van der Waals surface area (Å²) in [6, 6.07) is 12.3. The Morgan fingerprint density at radius 1 is 1.21 bits per heavy atom. The van der Waals surface area contributed by atoms with Crippen LogP contribution in [0.1, 0.15) is 34.0 Å². The number of ketones is 1. The molecule has 0 fully saturated rings. The third kappa shape index (κ3) is 4.92. The summed E-state index contributed by atoms with van der Waals surface area (Å²) in [7, 11) is -3.38. The summed E-state index contributed by atoms with van der Waals surface area (Å²) >= 11 is 0. The molecule has 6 nitrogen and oxygen atoms in total. The zero-order chi connectivity index (χ0) is 21.2. The zero-order valence-electron chi connectivity index (χ0n) is 16.6. The van der Waals surface area contributed by atoms with Crippen molar-refractivity contribution in [1.82, 2.24) is 0 Å². The molecular weight excluding hydrogens is 390 g/mol. The van der Waals surface area contributed by atoms with Crippen LogP contribution in [0, 0.1) is 6.92 Å². The van der Waals surface area contributed by atoms with Crippen molar-refractivity contribution in [2.24, 2.45) is 0 Å². The number of Topliss-reactive ketones (excluding diaryl/α,β-unsaturated/α-hetero) is 1. The molecule has 29 heavy (non-hydrogen) atoms. The highest BCUT2D eigenvalue weighted by Gasteiger charge is 2.32. The molecule has 7 heteroatoms. The normalized spacial score (nSPS) is 16.1. The number of hydrogen-bond donors (Lipinski definition) is 0. The van der Waals surface area contributed by atoms with E-state index in [1.165, 1.54) is 16.6 Å². The minimum atomic E-state index is -3.38. The van der Waals surface area contributed by atoms with E-state index in [2.05, 4.69) is 0 Å². The molecule has 0 radical (unpaired) electrons. The molecule has 0 saturated carbocycles. The number of hydrogen-bond acceptors (Lipinski definition) is 5. The maximum absolute atomic E-state index is 12.4. The summed E-state index contributed by atoms with van der Waals surface area (Å²) < 4.78 is 30.4. The van der Waals surface area contributed by atoms with Crippen LogP contribution in [0.3, 0.4) is 0 Å². The molecule has 1 aliphatic heterocycles. The highest BCUT2D eigenvalue weighted by Crippen LogP contribution is 2.34. The fourth-order valence-corrected chi connectivity index (χ4v) is 4.75. The fraction of sp³-hybridized carbons (Fsp3) is 0.273. The van der Waals surface area contributed by atoms with Gasteiger partial charge in [0.1, 0.15) is 0 Å². The Morgan fingerprint density at radius 3 is 2.66 bits per heavy atom. The number of rotatable bonds is 6. The lowest BCUT2D eigenvalue weighted by molar-refractivity contribution is -0.136. The van der Waals surface area contributed by atoms with Crippen molar-refractivity contribution in [3.8, 4) is 0 Å². The van der Waals surface area contributed by atoms with Crippen molar-refractivity contribution in [2.75, 3.05) is 17.2 Å². The van der Waals surface area contributed by atoms with E-state index in [9.17, 15) is 18.0 Å². The first-order valence-electron chi connectivity index (χ1n) is 9.22. The first kappa shape index (κ1) is 20.8. The van der Waals surface area contributed by atoms with Crippen LogP contribution in [0.2, 0.25) is 0 Å². The molecule has 0 bridgehead atoms. The Kier molecular flexibility index (Phi) is 5.88. The molecule has 0 spiro atoms. The summed E-state index contributed by atoms with van der Waals surface area (Å²) in [5, 5.41) is 0. The lowest BCUT2D eigenvalue weighted by Gasteiger charge is -2.21. The van der Waals surface area contributed by atoms with Gasteiger partial charge in [-0.2, -0.15) is 0 Å². The van der Waals surface area contributed by atoms with E-state index in [1.54, 1.807) is 24.3 Å². The average molecular weight is 413 g/mol. The molecule has 2 aromatic carbocycles. The Bertz CT molecular complexity index is 1090.